The van der Waals surface area contributed by atoms with Crippen LogP contribution in [0.2, 0.25) is 0 Å². The molecule has 0 radical (unpaired) electrons. The van der Waals surface area contributed by atoms with Crippen molar-refractivity contribution in [2.24, 2.45) is 0 Å². The van der Waals surface area contributed by atoms with Crippen molar-refractivity contribution in [3.05, 3.63) is 57.1 Å². The van der Waals surface area contributed by atoms with E-state index in [1.807, 2.05) is 16.8 Å². The number of nitrogens with zero attached hydrogens (tertiary/aromatic N) is 1. The van der Waals surface area contributed by atoms with E-state index in [0.29, 0.717) is 29.4 Å². The van der Waals surface area contributed by atoms with Gasteiger partial charge < -0.3 is 10.6 Å². The Bertz CT molecular complexity index is 933. The maximum absolute atomic E-state index is 12.1. The Hall–Kier alpha value is -2.51. The average molecular weight is 400 g/mol. The molecule has 2 amide bonds. The molecule has 0 saturated carbocycles. The van der Waals surface area contributed by atoms with Crippen LogP contribution in [0.4, 0.5) is 5.13 Å². The van der Waals surface area contributed by atoms with Gasteiger partial charge in [0.05, 0.1) is 10.6 Å². The summed E-state index contributed by atoms with van der Waals surface area (Å²) in [6.45, 7) is 4.59. The van der Waals surface area contributed by atoms with Crippen molar-refractivity contribution in [1.29, 1.82) is 0 Å². The Labute approximate surface area is 166 Å². The SMILES string of the molecule is Cc1ccc(-c2csc(NC(=O)CCCNC(=O)c3cccs3)n2)c(C)c1. The number of aryl methyl sites for hydroxylation is 2. The van der Waals surface area contributed by atoms with E-state index < -0.39 is 0 Å². The Kier molecular flexibility index (Phi) is 6.36. The van der Waals surface area contributed by atoms with Crippen LogP contribution in [0.1, 0.15) is 33.6 Å². The molecule has 0 fully saturated rings. The predicted octanol–water partition coefficient (Wildman–Crippen LogP) is 4.64. The first-order chi connectivity index (χ1) is 13.0. The third-order valence-corrected chi connectivity index (χ3v) is 5.65. The van der Waals surface area contributed by atoms with Gasteiger partial charge in [-0.05, 0) is 37.3 Å². The monoisotopic (exact) mass is 399 g/mol. The summed E-state index contributed by atoms with van der Waals surface area (Å²) in [6.07, 6.45) is 0.918. The second-order valence-corrected chi connectivity index (χ2v) is 8.05. The Morgan fingerprint density at radius 2 is 2.00 bits per heavy atom. The summed E-state index contributed by atoms with van der Waals surface area (Å²) in [4.78, 5) is 29.1. The normalized spacial score (nSPS) is 10.6. The molecule has 0 spiro atoms. The van der Waals surface area contributed by atoms with Crippen LogP contribution in [0.3, 0.4) is 0 Å². The standard InChI is InChI=1S/C20H21N3O2S2/c1-13-7-8-15(14(2)11-13)16-12-27-20(22-16)23-18(24)6-3-9-21-19(25)17-5-4-10-26-17/h4-5,7-8,10-12H,3,6,9H2,1-2H3,(H,21,25)(H,22,23,24). The lowest BCUT2D eigenvalue weighted by atomic mass is 10.0. The first-order valence-corrected chi connectivity index (χ1v) is 10.4. The molecule has 1 aromatic carbocycles. The zero-order valence-electron chi connectivity index (χ0n) is 15.2. The summed E-state index contributed by atoms with van der Waals surface area (Å²) in [5, 5.41) is 10.1. The van der Waals surface area contributed by atoms with E-state index in [9.17, 15) is 9.59 Å². The lowest BCUT2D eigenvalue weighted by molar-refractivity contribution is -0.116. The van der Waals surface area contributed by atoms with E-state index in [2.05, 4.69) is 47.7 Å². The second-order valence-electron chi connectivity index (χ2n) is 6.24. The molecule has 2 N–H and O–H groups in total. The zero-order valence-corrected chi connectivity index (χ0v) is 16.9. The molecule has 2 heterocycles. The molecule has 3 aromatic rings. The fourth-order valence-corrected chi connectivity index (χ4v) is 4.05. The molecular weight excluding hydrogens is 378 g/mol. The van der Waals surface area contributed by atoms with E-state index in [4.69, 9.17) is 0 Å². The van der Waals surface area contributed by atoms with Gasteiger partial charge in [-0.3, -0.25) is 9.59 Å². The van der Waals surface area contributed by atoms with Crippen LogP contribution in [-0.4, -0.2) is 23.3 Å². The highest BCUT2D eigenvalue weighted by Crippen LogP contribution is 2.28. The van der Waals surface area contributed by atoms with Crippen molar-refractivity contribution in [3.8, 4) is 11.3 Å². The van der Waals surface area contributed by atoms with E-state index >= 15 is 0 Å². The van der Waals surface area contributed by atoms with Gasteiger partial charge in [-0.2, -0.15) is 0 Å². The number of thiazole rings is 1. The highest BCUT2D eigenvalue weighted by atomic mass is 32.1. The zero-order chi connectivity index (χ0) is 19.2. The lowest BCUT2D eigenvalue weighted by Crippen LogP contribution is -2.24. The first-order valence-electron chi connectivity index (χ1n) is 8.67. The van der Waals surface area contributed by atoms with Crippen molar-refractivity contribution in [2.45, 2.75) is 26.7 Å². The fourth-order valence-electron chi connectivity index (χ4n) is 2.68. The number of hydrogen-bond acceptors (Lipinski definition) is 5. The van der Waals surface area contributed by atoms with Gasteiger partial charge in [-0.25, -0.2) is 4.98 Å². The van der Waals surface area contributed by atoms with Crippen molar-refractivity contribution in [2.75, 3.05) is 11.9 Å². The summed E-state index contributed by atoms with van der Waals surface area (Å²) in [5.74, 6) is -0.189. The molecule has 0 atom stereocenters. The number of nitrogens with one attached hydrogen (secondary N) is 2. The van der Waals surface area contributed by atoms with Crippen LogP contribution in [0.15, 0.2) is 41.1 Å². The minimum Gasteiger partial charge on any atom is -0.351 e. The van der Waals surface area contributed by atoms with E-state index in [1.165, 1.54) is 33.8 Å². The Balaban J connectivity index is 1.46. The van der Waals surface area contributed by atoms with Crippen LogP contribution in [0.25, 0.3) is 11.3 Å². The van der Waals surface area contributed by atoms with Gasteiger partial charge in [0.15, 0.2) is 5.13 Å². The van der Waals surface area contributed by atoms with Crippen LogP contribution < -0.4 is 10.6 Å². The average Bonchev–Trinajstić information content (AvgIpc) is 3.30. The summed E-state index contributed by atoms with van der Waals surface area (Å²) < 4.78 is 0. The molecule has 0 aliphatic carbocycles. The minimum atomic E-state index is -0.0955. The Morgan fingerprint density at radius 1 is 1.15 bits per heavy atom. The largest absolute Gasteiger partial charge is 0.351 e. The summed E-state index contributed by atoms with van der Waals surface area (Å²) in [5.41, 5.74) is 4.33. The van der Waals surface area contributed by atoms with E-state index in [1.54, 1.807) is 6.07 Å². The summed E-state index contributed by atoms with van der Waals surface area (Å²) >= 11 is 2.82. The molecule has 0 bridgehead atoms. The molecule has 5 nitrogen and oxygen atoms in total. The molecule has 0 aliphatic heterocycles. The van der Waals surface area contributed by atoms with Gasteiger partial charge in [-0.1, -0.05) is 29.8 Å². The fraction of sp³-hybridized carbons (Fsp3) is 0.250. The van der Waals surface area contributed by atoms with E-state index in [-0.39, 0.29) is 11.8 Å². The second kappa shape index (κ2) is 8.92. The van der Waals surface area contributed by atoms with Crippen molar-refractivity contribution in [3.63, 3.8) is 0 Å². The van der Waals surface area contributed by atoms with Gasteiger partial charge in [0.1, 0.15) is 0 Å². The molecule has 27 heavy (non-hydrogen) atoms. The molecular formula is C20H21N3O2S2. The number of hydrogen-bond donors (Lipinski definition) is 2. The van der Waals surface area contributed by atoms with Gasteiger partial charge in [0.25, 0.3) is 5.91 Å². The molecule has 0 saturated heterocycles. The van der Waals surface area contributed by atoms with Gasteiger partial charge in [0.2, 0.25) is 5.91 Å². The van der Waals surface area contributed by atoms with Crippen LogP contribution in [0.5, 0.6) is 0 Å². The third-order valence-electron chi connectivity index (χ3n) is 4.02. The minimum absolute atomic E-state index is 0.0940. The van der Waals surface area contributed by atoms with Gasteiger partial charge in [0, 0.05) is 23.9 Å². The summed E-state index contributed by atoms with van der Waals surface area (Å²) in [6, 6.07) is 9.86. The highest BCUT2D eigenvalue weighted by molar-refractivity contribution is 7.14. The van der Waals surface area contributed by atoms with Crippen LogP contribution in [0, 0.1) is 13.8 Å². The number of thiophene rings is 1. The third kappa shape index (κ3) is 5.24. The van der Waals surface area contributed by atoms with Gasteiger partial charge >= 0.3 is 0 Å². The van der Waals surface area contributed by atoms with Crippen LogP contribution >= 0.6 is 22.7 Å². The topological polar surface area (TPSA) is 71.1 Å². The molecule has 7 heteroatoms. The van der Waals surface area contributed by atoms with Gasteiger partial charge in [-0.15, -0.1) is 22.7 Å². The molecule has 2 aromatic heterocycles. The highest BCUT2D eigenvalue weighted by Gasteiger charge is 2.10. The quantitative estimate of drug-likeness (QED) is 0.569. The molecule has 0 unspecified atom stereocenters. The molecule has 0 aliphatic rings. The van der Waals surface area contributed by atoms with Crippen molar-refractivity contribution >= 4 is 39.6 Å². The predicted molar refractivity (Wildman–Crippen MR) is 112 cm³/mol. The Morgan fingerprint density at radius 3 is 2.74 bits per heavy atom. The number of anilines is 1. The van der Waals surface area contributed by atoms with Crippen molar-refractivity contribution < 1.29 is 9.59 Å². The van der Waals surface area contributed by atoms with E-state index in [0.717, 1.165) is 11.3 Å². The number of carbonyl (C=O) groups is 2. The number of aromatic nitrogens is 1. The molecule has 140 valence electrons. The number of rotatable bonds is 7. The molecule has 3 rings (SSSR count). The smallest absolute Gasteiger partial charge is 0.261 e. The number of carbonyl (C=O) groups excluding carboxylic acids is 2. The maximum atomic E-state index is 12.1. The number of amides is 2. The summed E-state index contributed by atoms with van der Waals surface area (Å²) in [7, 11) is 0. The first kappa shape index (κ1) is 19.3. The van der Waals surface area contributed by atoms with Crippen molar-refractivity contribution in [1.82, 2.24) is 10.3 Å². The van der Waals surface area contributed by atoms with Crippen LogP contribution in [-0.2, 0) is 4.79 Å². The maximum Gasteiger partial charge on any atom is 0.261 e. The number of benzene rings is 1. The lowest BCUT2D eigenvalue weighted by Gasteiger charge is -2.05.